The molecule has 3 rings (SSSR count). The average Bonchev–Trinajstić information content (AvgIpc) is 3.05. The summed E-state index contributed by atoms with van der Waals surface area (Å²) in [7, 11) is 0. The van der Waals surface area contributed by atoms with E-state index in [-0.39, 0.29) is 16.6 Å². The summed E-state index contributed by atoms with van der Waals surface area (Å²) in [6.45, 7) is 0.472. The molecular formula is C16H14ClN5O. The fourth-order valence-electron chi connectivity index (χ4n) is 2.09. The number of hydrogen-bond donors (Lipinski definition) is 1. The standard InChI is InChI=1S/C16H14ClN5O/c17-14-9-18-11-20-15(14)16(23)19-7-6-12-8-21-22(10-12)13-4-2-1-3-5-13/h1-5,8-11H,6-7H2,(H,19,23). The Balaban J connectivity index is 1.56. The van der Waals surface area contributed by atoms with Crippen molar-refractivity contribution in [2.75, 3.05) is 6.54 Å². The van der Waals surface area contributed by atoms with E-state index in [4.69, 9.17) is 11.6 Å². The lowest BCUT2D eigenvalue weighted by atomic mass is 10.2. The van der Waals surface area contributed by atoms with E-state index in [2.05, 4.69) is 20.4 Å². The van der Waals surface area contributed by atoms with Gasteiger partial charge < -0.3 is 5.32 Å². The summed E-state index contributed by atoms with van der Waals surface area (Å²) in [6, 6.07) is 9.85. The molecule has 0 unspecified atom stereocenters. The number of rotatable bonds is 5. The molecule has 1 aromatic carbocycles. The van der Waals surface area contributed by atoms with Crippen LogP contribution in [0.5, 0.6) is 0 Å². The smallest absolute Gasteiger partial charge is 0.271 e. The van der Waals surface area contributed by atoms with E-state index >= 15 is 0 Å². The van der Waals surface area contributed by atoms with E-state index in [1.54, 1.807) is 10.9 Å². The van der Waals surface area contributed by atoms with Crippen LogP contribution in [0, 0.1) is 0 Å². The van der Waals surface area contributed by atoms with Gasteiger partial charge in [-0.2, -0.15) is 5.10 Å². The summed E-state index contributed by atoms with van der Waals surface area (Å²) in [5.74, 6) is -0.312. The number of carbonyl (C=O) groups excluding carboxylic acids is 1. The lowest BCUT2D eigenvalue weighted by Gasteiger charge is -2.04. The second-order valence-electron chi connectivity index (χ2n) is 4.85. The van der Waals surface area contributed by atoms with E-state index in [1.165, 1.54) is 12.5 Å². The molecule has 1 N–H and O–H groups in total. The topological polar surface area (TPSA) is 72.7 Å². The summed E-state index contributed by atoms with van der Waals surface area (Å²) in [4.78, 5) is 19.6. The molecule has 6 nitrogen and oxygen atoms in total. The summed E-state index contributed by atoms with van der Waals surface area (Å²) in [5, 5.41) is 7.34. The molecule has 0 atom stereocenters. The minimum Gasteiger partial charge on any atom is -0.350 e. The molecular weight excluding hydrogens is 314 g/mol. The number of carbonyl (C=O) groups is 1. The highest BCUT2D eigenvalue weighted by atomic mass is 35.5. The number of halogens is 1. The third kappa shape index (κ3) is 3.73. The molecule has 3 aromatic rings. The minimum absolute atomic E-state index is 0.182. The van der Waals surface area contributed by atoms with Gasteiger partial charge in [0.2, 0.25) is 0 Å². The Bertz CT molecular complexity index is 803. The minimum atomic E-state index is -0.312. The molecule has 7 heteroatoms. The summed E-state index contributed by atoms with van der Waals surface area (Å²) >= 11 is 5.89. The van der Waals surface area contributed by atoms with Crippen LogP contribution in [0.3, 0.4) is 0 Å². The van der Waals surface area contributed by atoms with Crippen molar-refractivity contribution in [1.29, 1.82) is 0 Å². The van der Waals surface area contributed by atoms with Crippen LogP contribution in [0.1, 0.15) is 16.1 Å². The fourth-order valence-corrected chi connectivity index (χ4v) is 2.29. The van der Waals surface area contributed by atoms with Crippen LogP contribution in [0.2, 0.25) is 5.02 Å². The van der Waals surface area contributed by atoms with Crippen molar-refractivity contribution in [3.05, 3.63) is 71.5 Å². The normalized spacial score (nSPS) is 10.5. The molecule has 0 bridgehead atoms. The Kier molecular flexibility index (Phi) is 4.63. The van der Waals surface area contributed by atoms with Gasteiger partial charge in [0, 0.05) is 18.9 Å². The highest BCUT2D eigenvalue weighted by molar-refractivity contribution is 6.33. The summed E-state index contributed by atoms with van der Waals surface area (Å²) in [5.41, 5.74) is 2.21. The molecule has 1 amide bonds. The lowest BCUT2D eigenvalue weighted by molar-refractivity contribution is 0.0949. The Labute approximate surface area is 138 Å². The van der Waals surface area contributed by atoms with Gasteiger partial charge in [0.1, 0.15) is 12.0 Å². The maximum Gasteiger partial charge on any atom is 0.271 e. The average molecular weight is 328 g/mol. The second kappa shape index (κ2) is 7.02. The third-order valence-corrected chi connectivity index (χ3v) is 3.52. The molecule has 0 spiro atoms. The van der Waals surface area contributed by atoms with Gasteiger partial charge in [0.05, 0.1) is 16.9 Å². The van der Waals surface area contributed by atoms with E-state index in [1.807, 2.05) is 36.5 Å². The van der Waals surface area contributed by atoms with Gasteiger partial charge in [-0.25, -0.2) is 14.6 Å². The molecule has 0 fully saturated rings. The molecule has 0 saturated carbocycles. The van der Waals surface area contributed by atoms with E-state index < -0.39 is 0 Å². The number of benzene rings is 1. The highest BCUT2D eigenvalue weighted by Gasteiger charge is 2.11. The van der Waals surface area contributed by atoms with E-state index in [9.17, 15) is 4.79 Å². The zero-order chi connectivity index (χ0) is 16.1. The number of nitrogens with zero attached hydrogens (tertiary/aromatic N) is 4. The molecule has 0 aliphatic carbocycles. The Morgan fingerprint density at radius 1 is 1.22 bits per heavy atom. The lowest BCUT2D eigenvalue weighted by Crippen LogP contribution is -2.26. The summed E-state index contributed by atoms with van der Waals surface area (Å²) in [6.07, 6.45) is 7.09. The fraction of sp³-hybridized carbons (Fsp3) is 0.125. The maximum atomic E-state index is 12.0. The molecule has 23 heavy (non-hydrogen) atoms. The first-order valence-corrected chi connectivity index (χ1v) is 7.44. The molecule has 0 radical (unpaired) electrons. The first-order valence-electron chi connectivity index (χ1n) is 7.07. The third-order valence-electron chi connectivity index (χ3n) is 3.24. The van der Waals surface area contributed by atoms with Gasteiger partial charge in [0.15, 0.2) is 0 Å². The first-order chi connectivity index (χ1) is 11.2. The molecule has 0 saturated heterocycles. The predicted octanol–water partition coefficient (Wildman–Crippen LogP) is 2.29. The number of aromatic nitrogens is 4. The monoisotopic (exact) mass is 327 g/mol. The van der Waals surface area contributed by atoms with Gasteiger partial charge in [0.25, 0.3) is 5.91 Å². The van der Waals surface area contributed by atoms with Crippen molar-refractivity contribution >= 4 is 17.5 Å². The van der Waals surface area contributed by atoms with Crippen molar-refractivity contribution in [1.82, 2.24) is 25.1 Å². The number of para-hydroxylation sites is 1. The van der Waals surface area contributed by atoms with Crippen LogP contribution in [-0.4, -0.2) is 32.2 Å². The zero-order valence-electron chi connectivity index (χ0n) is 12.2. The first kappa shape index (κ1) is 15.2. The quantitative estimate of drug-likeness (QED) is 0.780. The largest absolute Gasteiger partial charge is 0.350 e. The van der Waals surface area contributed by atoms with Crippen molar-refractivity contribution in [2.45, 2.75) is 6.42 Å². The summed E-state index contributed by atoms with van der Waals surface area (Å²) < 4.78 is 1.80. The van der Waals surface area contributed by atoms with E-state index in [0.29, 0.717) is 13.0 Å². The van der Waals surface area contributed by atoms with Gasteiger partial charge >= 0.3 is 0 Å². The molecule has 116 valence electrons. The SMILES string of the molecule is O=C(NCCc1cnn(-c2ccccc2)c1)c1ncncc1Cl. The number of amides is 1. The van der Waals surface area contributed by atoms with Crippen LogP contribution >= 0.6 is 11.6 Å². The number of nitrogens with one attached hydrogen (secondary N) is 1. The van der Waals surface area contributed by atoms with Crippen molar-refractivity contribution in [3.8, 4) is 5.69 Å². The van der Waals surface area contributed by atoms with Crippen LogP contribution in [0.4, 0.5) is 0 Å². The van der Waals surface area contributed by atoms with Crippen molar-refractivity contribution in [2.24, 2.45) is 0 Å². The Morgan fingerprint density at radius 2 is 2.04 bits per heavy atom. The van der Waals surface area contributed by atoms with Gasteiger partial charge in [-0.3, -0.25) is 4.79 Å². The molecule has 2 aromatic heterocycles. The van der Waals surface area contributed by atoms with Crippen molar-refractivity contribution in [3.63, 3.8) is 0 Å². The molecule has 0 aliphatic heterocycles. The van der Waals surface area contributed by atoms with Crippen LogP contribution in [0.25, 0.3) is 5.69 Å². The van der Waals surface area contributed by atoms with Crippen LogP contribution < -0.4 is 5.32 Å². The van der Waals surface area contributed by atoms with Crippen LogP contribution in [-0.2, 0) is 6.42 Å². The van der Waals surface area contributed by atoms with E-state index in [0.717, 1.165) is 11.3 Å². The van der Waals surface area contributed by atoms with Gasteiger partial charge in [-0.1, -0.05) is 29.8 Å². The maximum absolute atomic E-state index is 12.0. The molecule has 0 aliphatic rings. The predicted molar refractivity (Wildman–Crippen MR) is 86.6 cm³/mol. The second-order valence-corrected chi connectivity index (χ2v) is 5.26. The highest BCUT2D eigenvalue weighted by Crippen LogP contribution is 2.10. The van der Waals surface area contributed by atoms with Crippen molar-refractivity contribution < 1.29 is 4.79 Å². The Hall–Kier alpha value is -2.73. The Morgan fingerprint density at radius 3 is 2.83 bits per heavy atom. The van der Waals surface area contributed by atoms with Gasteiger partial charge in [-0.15, -0.1) is 0 Å². The molecule has 2 heterocycles. The van der Waals surface area contributed by atoms with Crippen LogP contribution in [0.15, 0.2) is 55.2 Å². The van der Waals surface area contributed by atoms with Gasteiger partial charge in [-0.05, 0) is 24.1 Å². The number of hydrogen-bond acceptors (Lipinski definition) is 4. The zero-order valence-corrected chi connectivity index (χ0v) is 12.9.